The summed E-state index contributed by atoms with van der Waals surface area (Å²) in [5, 5.41) is 4.73. The van der Waals surface area contributed by atoms with Crippen molar-refractivity contribution < 1.29 is 13.6 Å². The SMILES string of the molecule is Cc1ccc(CSc2nc(=O)c(Cc3cnn(C)c3)cn2CC(=O)N2CCN(c3ccc(-c4ccc(C(F)(F)P)cc4)cc3)CC2)cc1. The average Bonchev–Trinajstić information content (AvgIpc) is 3.50. The zero-order chi connectivity index (χ0) is 33.8. The normalized spacial score (nSPS) is 13.6. The Labute approximate surface area is 285 Å². The predicted octanol–water partition coefficient (Wildman–Crippen LogP) is 6.11. The number of aromatic nitrogens is 4. The summed E-state index contributed by atoms with van der Waals surface area (Å²) in [7, 11) is 3.40. The van der Waals surface area contributed by atoms with Gasteiger partial charge in [-0.05, 0) is 41.3 Å². The van der Waals surface area contributed by atoms with Gasteiger partial charge >= 0.3 is 0 Å². The fourth-order valence-electron chi connectivity index (χ4n) is 5.70. The van der Waals surface area contributed by atoms with E-state index in [2.05, 4.69) is 39.2 Å². The molecule has 1 atom stereocenters. The third-order valence-corrected chi connectivity index (χ3v) is 9.84. The Bertz CT molecular complexity index is 1930. The van der Waals surface area contributed by atoms with Gasteiger partial charge in [-0.3, -0.25) is 14.3 Å². The molecule has 1 aliphatic heterocycles. The van der Waals surface area contributed by atoms with E-state index in [1.54, 1.807) is 38.4 Å². The first-order chi connectivity index (χ1) is 23.0. The van der Waals surface area contributed by atoms with Crippen molar-refractivity contribution in [3.8, 4) is 11.1 Å². The van der Waals surface area contributed by atoms with Crippen LogP contribution in [-0.2, 0) is 36.2 Å². The Hall–Kier alpha value is -4.34. The summed E-state index contributed by atoms with van der Waals surface area (Å²) >= 11 is 1.45. The van der Waals surface area contributed by atoms with E-state index in [4.69, 9.17) is 0 Å². The molecule has 3 aromatic carbocycles. The predicted molar refractivity (Wildman–Crippen MR) is 190 cm³/mol. The average molecular weight is 687 g/mol. The monoisotopic (exact) mass is 686 g/mol. The van der Waals surface area contributed by atoms with Crippen molar-refractivity contribution in [2.75, 3.05) is 31.1 Å². The summed E-state index contributed by atoms with van der Waals surface area (Å²) in [6.45, 7) is 4.60. The maximum Gasteiger partial charge on any atom is 0.283 e. The van der Waals surface area contributed by atoms with E-state index in [1.165, 1.54) is 29.5 Å². The number of anilines is 1. The van der Waals surface area contributed by atoms with Crippen molar-refractivity contribution in [2.45, 2.75) is 36.5 Å². The van der Waals surface area contributed by atoms with Gasteiger partial charge in [0.05, 0.1) is 6.20 Å². The van der Waals surface area contributed by atoms with Crippen LogP contribution in [0.3, 0.4) is 0 Å². The number of hydrogen-bond acceptors (Lipinski definition) is 6. The number of thioether (sulfide) groups is 1. The van der Waals surface area contributed by atoms with Crippen molar-refractivity contribution in [2.24, 2.45) is 7.05 Å². The highest BCUT2D eigenvalue weighted by Gasteiger charge is 2.25. The zero-order valence-corrected chi connectivity index (χ0v) is 28.8. The molecule has 0 saturated carbocycles. The van der Waals surface area contributed by atoms with Crippen LogP contribution in [0.5, 0.6) is 0 Å². The number of carbonyl (C=O) groups is 1. The Morgan fingerprint density at radius 3 is 2.15 bits per heavy atom. The molecule has 12 heteroatoms. The first-order valence-electron chi connectivity index (χ1n) is 15.7. The van der Waals surface area contributed by atoms with Crippen LogP contribution in [0.2, 0.25) is 0 Å². The van der Waals surface area contributed by atoms with Crippen LogP contribution in [-0.4, -0.2) is 56.3 Å². The van der Waals surface area contributed by atoms with Crippen LogP contribution < -0.4 is 10.5 Å². The Balaban J connectivity index is 1.12. The highest BCUT2D eigenvalue weighted by atomic mass is 32.2. The molecule has 248 valence electrons. The summed E-state index contributed by atoms with van der Waals surface area (Å²) in [4.78, 5) is 35.2. The minimum atomic E-state index is -2.95. The summed E-state index contributed by atoms with van der Waals surface area (Å²) in [5.74, 6) is 0.596. The number of alkyl halides is 2. The first kappa shape index (κ1) is 33.6. The molecule has 48 heavy (non-hydrogen) atoms. The zero-order valence-electron chi connectivity index (χ0n) is 26.9. The van der Waals surface area contributed by atoms with Gasteiger partial charge in [-0.1, -0.05) is 87.2 Å². The molecule has 8 nitrogen and oxygen atoms in total. The van der Waals surface area contributed by atoms with Crippen molar-refractivity contribution in [3.63, 3.8) is 0 Å². The molecule has 1 fully saturated rings. The van der Waals surface area contributed by atoms with E-state index < -0.39 is 5.66 Å². The Morgan fingerprint density at radius 2 is 1.54 bits per heavy atom. The second kappa shape index (κ2) is 14.4. The number of rotatable bonds is 10. The highest BCUT2D eigenvalue weighted by Crippen LogP contribution is 2.36. The molecule has 5 aromatic rings. The third-order valence-electron chi connectivity index (χ3n) is 8.44. The van der Waals surface area contributed by atoms with Gasteiger partial charge in [0.1, 0.15) is 6.54 Å². The molecule has 0 aliphatic carbocycles. The number of benzene rings is 3. The third kappa shape index (κ3) is 8.20. The van der Waals surface area contributed by atoms with E-state index in [9.17, 15) is 18.4 Å². The van der Waals surface area contributed by atoms with Crippen LogP contribution in [0.1, 0.15) is 27.8 Å². The lowest BCUT2D eigenvalue weighted by Gasteiger charge is -2.36. The molecular formula is C36H37F2N6O2PS. The van der Waals surface area contributed by atoms with Gasteiger partial charge in [0.15, 0.2) is 5.16 Å². The lowest BCUT2D eigenvalue weighted by molar-refractivity contribution is -0.132. The molecule has 6 rings (SSSR count). The second-order valence-corrected chi connectivity index (χ2v) is 13.7. The molecule has 1 unspecified atom stereocenters. The minimum Gasteiger partial charge on any atom is -0.368 e. The molecule has 1 aliphatic rings. The van der Waals surface area contributed by atoms with Gasteiger partial charge in [0.2, 0.25) is 5.91 Å². The van der Waals surface area contributed by atoms with Gasteiger partial charge in [-0.15, -0.1) is 0 Å². The van der Waals surface area contributed by atoms with E-state index in [-0.39, 0.29) is 23.6 Å². The largest absolute Gasteiger partial charge is 0.368 e. The molecule has 2 aromatic heterocycles. The number of hydrogen-bond donors (Lipinski definition) is 0. The molecular weight excluding hydrogens is 649 g/mol. The molecule has 0 bridgehead atoms. The van der Waals surface area contributed by atoms with Crippen LogP contribution >= 0.6 is 21.0 Å². The number of carbonyl (C=O) groups excluding carboxylic acids is 1. The van der Waals surface area contributed by atoms with Crippen LogP contribution in [0.15, 0.2) is 101 Å². The van der Waals surface area contributed by atoms with E-state index in [0.717, 1.165) is 27.9 Å². The van der Waals surface area contributed by atoms with Gasteiger partial charge in [0.25, 0.3) is 11.2 Å². The fraction of sp³-hybridized carbons (Fsp3) is 0.278. The number of aryl methyl sites for hydroxylation is 2. The molecule has 1 amide bonds. The summed E-state index contributed by atoms with van der Waals surface area (Å²) < 4.78 is 30.6. The standard InChI is InChI=1S/C36H37F2N6O2PS/c1-25-3-5-26(6-4-25)24-48-35-40-34(46)30(19-27-20-39-41(2)21-27)22-44(35)23-33(45)43-17-15-42(16-18-43)32-13-9-29(10-14-32)28-7-11-31(12-8-28)36(37,38)47/h3-14,20-22H,15-19,23-24,47H2,1-2H3. The van der Waals surface area contributed by atoms with Crippen LogP contribution in [0.25, 0.3) is 11.1 Å². The summed E-state index contributed by atoms with van der Waals surface area (Å²) in [6.07, 6.45) is 5.76. The van der Waals surface area contributed by atoms with Crippen molar-refractivity contribution in [1.29, 1.82) is 0 Å². The topological polar surface area (TPSA) is 76.3 Å². The number of piperazine rings is 1. The van der Waals surface area contributed by atoms with E-state index in [1.807, 2.05) is 53.9 Å². The molecule has 0 N–H and O–H groups in total. The fourth-order valence-corrected chi connectivity index (χ4v) is 6.81. The maximum atomic E-state index is 13.6. The van der Waals surface area contributed by atoms with Crippen molar-refractivity contribution >= 4 is 32.6 Å². The van der Waals surface area contributed by atoms with Crippen molar-refractivity contribution in [1.82, 2.24) is 24.2 Å². The second-order valence-electron chi connectivity index (χ2n) is 12.1. The Kier molecular flexibility index (Phi) is 10.1. The smallest absolute Gasteiger partial charge is 0.283 e. The van der Waals surface area contributed by atoms with Crippen LogP contribution in [0, 0.1) is 6.92 Å². The van der Waals surface area contributed by atoms with E-state index in [0.29, 0.717) is 49.1 Å². The lowest BCUT2D eigenvalue weighted by atomic mass is 10.0. The van der Waals surface area contributed by atoms with Crippen LogP contribution in [0.4, 0.5) is 14.5 Å². The van der Waals surface area contributed by atoms with E-state index >= 15 is 0 Å². The molecule has 0 radical (unpaired) electrons. The molecule has 3 heterocycles. The number of amides is 1. The molecule has 1 saturated heterocycles. The maximum absolute atomic E-state index is 13.6. The van der Waals surface area contributed by atoms with Crippen molar-refractivity contribution in [3.05, 3.63) is 130 Å². The minimum absolute atomic E-state index is 0.0283. The highest BCUT2D eigenvalue weighted by molar-refractivity contribution is 7.98. The number of nitrogens with zero attached hydrogens (tertiary/aromatic N) is 6. The quantitative estimate of drug-likeness (QED) is 0.100. The van der Waals surface area contributed by atoms with Gasteiger partial charge in [0, 0.05) is 74.6 Å². The summed E-state index contributed by atoms with van der Waals surface area (Å²) in [6, 6.07) is 22.6. The molecule has 0 spiro atoms. The lowest BCUT2D eigenvalue weighted by Crippen LogP contribution is -2.49. The number of halogens is 2. The van der Waals surface area contributed by atoms with Gasteiger partial charge in [-0.25, -0.2) is 0 Å². The first-order valence-corrected chi connectivity index (χ1v) is 17.2. The van der Waals surface area contributed by atoms with Gasteiger partial charge in [-0.2, -0.15) is 18.9 Å². The van der Waals surface area contributed by atoms with Gasteiger partial charge < -0.3 is 14.4 Å². The Morgan fingerprint density at radius 1 is 0.896 bits per heavy atom. The summed E-state index contributed by atoms with van der Waals surface area (Å²) in [5.41, 5.74) is 3.26.